The Balaban J connectivity index is 1.61. The molecular weight excluding hydrogens is 489 g/mol. The molecule has 2 aliphatic rings. The summed E-state index contributed by atoms with van der Waals surface area (Å²) >= 11 is 0. The maximum atomic E-state index is 15.4. The number of carbonyl (C=O) groups excluding carboxylic acids is 1. The number of amidine groups is 2. The summed E-state index contributed by atoms with van der Waals surface area (Å²) in [6, 6.07) is 6.82. The van der Waals surface area contributed by atoms with Gasteiger partial charge in [0.15, 0.2) is 23.1 Å². The number of fused-ring (bicyclic) bond motifs is 2. The molecule has 2 aromatic rings. The van der Waals surface area contributed by atoms with Crippen molar-refractivity contribution < 1.29 is 23.4 Å². The molecule has 0 aromatic heterocycles. The second-order valence-electron chi connectivity index (χ2n) is 10.0. The van der Waals surface area contributed by atoms with Crippen LogP contribution in [-0.2, 0) is 6.54 Å². The van der Waals surface area contributed by atoms with E-state index in [-0.39, 0.29) is 48.4 Å². The third-order valence-electron chi connectivity index (χ3n) is 6.33. The number of ketones is 1. The second-order valence-corrected chi connectivity index (χ2v) is 10.0. The van der Waals surface area contributed by atoms with E-state index in [0.717, 1.165) is 0 Å². The van der Waals surface area contributed by atoms with Gasteiger partial charge in [0.05, 0.1) is 37.6 Å². The van der Waals surface area contributed by atoms with Crippen LogP contribution in [0.3, 0.4) is 0 Å². The lowest BCUT2D eigenvalue weighted by Crippen LogP contribution is -2.44. The first-order valence-electron chi connectivity index (χ1n) is 12.6. The fourth-order valence-electron chi connectivity index (χ4n) is 4.71. The monoisotopic (exact) mass is 521 g/mol. The van der Waals surface area contributed by atoms with E-state index in [1.54, 1.807) is 38.1 Å². The number of carbonyl (C=O) groups is 1. The highest BCUT2D eigenvalue weighted by Gasteiger charge is 2.34. The molecule has 0 saturated heterocycles. The maximum absolute atomic E-state index is 15.4. The summed E-state index contributed by atoms with van der Waals surface area (Å²) in [7, 11) is 0. The smallest absolute Gasteiger partial charge is 0.207 e. The Labute approximate surface area is 221 Å². The van der Waals surface area contributed by atoms with Gasteiger partial charge < -0.3 is 24.0 Å². The van der Waals surface area contributed by atoms with Crippen LogP contribution >= 0.6 is 0 Å². The Morgan fingerprint density at radius 1 is 1.24 bits per heavy atom. The van der Waals surface area contributed by atoms with Gasteiger partial charge in [0.2, 0.25) is 6.19 Å². The summed E-state index contributed by atoms with van der Waals surface area (Å²) in [6.45, 7) is 11.0. The minimum atomic E-state index is -0.652. The first-order valence-corrected chi connectivity index (χ1v) is 12.6. The zero-order valence-electron chi connectivity index (χ0n) is 22.4. The lowest BCUT2D eigenvalue weighted by atomic mass is 9.93. The highest BCUT2D eigenvalue weighted by molar-refractivity contribution is 6.07. The molecule has 2 heterocycles. The highest BCUT2D eigenvalue weighted by atomic mass is 19.1. The fourth-order valence-corrected chi connectivity index (χ4v) is 4.71. The number of nitrogens with one attached hydrogen (secondary N) is 1. The zero-order chi connectivity index (χ0) is 27.6. The summed E-state index contributed by atoms with van der Waals surface area (Å²) in [5, 5.41) is 17.9. The van der Waals surface area contributed by atoms with E-state index in [4.69, 9.17) is 19.6 Å². The molecule has 0 radical (unpaired) electrons. The number of Topliss-reactive ketones (excluding diaryl/α,β-unsaturated/α-hetero) is 1. The van der Waals surface area contributed by atoms with E-state index in [9.17, 15) is 10.1 Å². The van der Waals surface area contributed by atoms with Gasteiger partial charge in [-0.15, -0.1) is 0 Å². The number of benzene rings is 2. The predicted molar refractivity (Wildman–Crippen MR) is 142 cm³/mol. The van der Waals surface area contributed by atoms with Crippen molar-refractivity contribution >= 4 is 23.1 Å². The molecule has 38 heavy (non-hydrogen) atoms. The van der Waals surface area contributed by atoms with Crippen LogP contribution in [0.1, 0.15) is 56.1 Å². The first-order chi connectivity index (χ1) is 18.1. The van der Waals surface area contributed by atoms with Crippen molar-refractivity contribution in [3.05, 3.63) is 46.8 Å². The average molecular weight is 522 g/mol. The standard InChI is InChI=1S/C28H32FN5O4/c1-6-36-22-13-18-14-33(26(31)23(18)24(29)25(22)37-7-2)15-20(35)17-8-9-21-19(12-17)34(10-11-38-21)27(32-16-30)28(3,4)5/h8-9,12-13,31H,6-7,10-11,14-15H2,1-5H3. The lowest BCUT2D eigenvalue weighted by molar-refractivity contribution is 0.0962. The van der Waals surface area contributed by atoms with Crippen LogP contribution in [0.4, 0.5) is 10.1 Å². The van der Waals surface area contributed by atoms with Crippen molar-refractivity contribution in [3.63, 3.8) is 0 Å². The Kier molecular flexibility index (Phi) is 7.58. The second kappa shape index (κ2) is 10.7. The molecule has 9 nitrogen and oxygen atoms in total. The molecule has 0 spiro atoms. The number of hydrogen-bond acceptors (Lipinski definition) is 7. The summed E-state index contributed by atoms with van der Waals surface area (Å²) in [5.74, 6) is 0.481. The Morgan fingerprint density at radius 2 is 1.97 bits per heavy atom. The minimum Gasteiger partial charge on any atom is -0.490 e. The molecule has 0 unspecified atom stereocenters. The lowest BCUT2D eigenvalue weighted by Gasteiger charge is -2.36. The fraction of sp³-hybridized carbons (Fsp3) is 0.429. The zero-order valence-corrected chi connectivity index (χ0v) is 22.4. The van der Waals surface area contributed by atoms with Gasteiger partial charge in [0.1, 0.15) is 24.0 Å². The number of anilines is 1. The van der Waals surface area contributed by atoms with Crippen LogP contribution in [0.25, 0.3) is 0 Å². The molecule has 4 rings (SSSR count). The largest absolute Gasteiger partial charge is 0.490 e. The molecule has 0 aliphatic carbocycles. The molecule has 10 heteroatoms. The van der Waals surface area contributed by atoms with E-state index in [1.165, 1.54) is 4.90 Å². The number of ether oxygens (including phenoxy) is 3. The van der Waals surface area contributed by atoms with Crippen molar-refractivity contribution in [1.29, 1.82) is 10.7 Å². The summed E-state index contributed by atoms with van der Waals surface area (Å²) in [4.78, 5) is 20.9. The van der Waals surface area contributed by atoms with Gasteiger partial charge in [-0.2, -0.15) is 10.3 Å². The quantitative estimate of drug-likeness (QED) is 0.242. The topological polar surface area (TPSA) is 111 Å². The van der Waals surface area contributed by atoms with Crippen LogP contribution in [0, 0.1) is 28.1 Å². The molecule has 1 N–H and O–H groups in total. The Bertz CT molecular complexity index is 1340. The molecule has 2 aliphatic heterocycles. The van der Waals surface area contributed by atoms with Crippen LogP contribution < -0.4 is 19.1 Å². The number of hydrogen-bond donors (Lipinski definition) is 1. The van der Waals surface area contributed by atoms with Gasteiger partial charge in [-0.25, -0.2) is 4.39 Å². The van der Waals surface area contributed by atoms with Gasteiger partial charge in [-0.1, -0.05) is 20.8 Å². The van der Waals surface area contributed by atoms with E-state index >= 15 is 4.39 Å². The van der Waals surface area contributed by atoms with Crippen LogP contribution in [-0.4, -0.2) is 55.3 Å². The summed E-state index contributed by atoms with van der Waals surface area (Å²) in [6.07, 6.45) is 1.89. The third-order valence-corrected chi connectivity index (χ3v) is 6.33. The van der Waals surface area contributed by atoms with E-state index in [2.05, 4.69) is 4.99 Å². The van der Waals surface area contributed by atoms with Crippen molar-refractivity contribution in [2.24, 2.45) is 10.4 Å². The molecule has 2 aromatic carbocycles. The molecule has 0 fully saturated rings. The molecule has 0 saturated carbocycles. The van der Waals surface area contributed by atoms with Crippen LogP contribution in [0.2, 0.25) is 0 Å². The summed E-state index contributed by atoms with van der Waals surface area (Å²) < 4.78 is 32.2. The van der Waals surface area contributed by atoms with Gasteiger partial charge in [-0.05, 0) is 43.7 Å². The number of aliphatic imine (C=N–C) groups is 1. The number of nitrogens with zero attached hydrogens (tertiary/aromatic N) is 4. The number of nitriles is 1. The van der Waals surface area contributed by atoms with E-state index < -0.39 is 11.2 Å². The van der Waals surface area contributed by atoms with Crippen LogP contribution in [0.15, 0.2) is 29.3 Å². The van der Waals surface area contributed by atoms with Crippen molar-refractivity contribution in [1.82, 2.24) is 4.90 Å². The minimum absolute atomic E-state index is 0.0190. The molecule has 200 valence electrons. The van der Waals surface area contributed by atoms with E-state index in [1.807, 2.05) is 31.9 Å². The van der Waals surface area contributed by atoms with Crippen molar-refractivity contribution in [3.8, 4) is 23.4 Å². The van der Waals surface area contributed by atoms with Gasteiger partial charge in [0, 0.05) is 17.5 Å². The first kappa shape index (κ1) is 26.9. The molecule has 0 atom stereocenters. The predicted octanol–water partition coefficient (Wildman–Crippen LogP) is 4.77. The molecular formula is C28H32FN5O4. The average Bonchev–Trinajstić information content (AvgIpc) is 3.18. The molecule has 0 bridgehead atoms. The van der Waals surface area contributed by atoms with Crippen LogP contribution in [0.5, 0.6) is 17.2 Å². The normalized spacial score (nSPS) is 15.0. The van der Waals surface area contributed by atoms with Gasteiger partial charge in [-0.3, -0.25) is 10.2 Å². The highest BCUT2D eigenvalue weighted by Crippen LogP contribution is 2.39. The third kappa shape index (κ3) is 5.01. The Hall–Kier alpha value is -4.13. The SMILES string of the molecule is CCOc1cc2c(c(F)c1OCC)C(=N)N(CC(=O)c1ccc3c(c1)N(C(=NC#N)C(C)(C)C)CCO3)C2. The maximum Gasteiger partial charge on any atom is 0.207 e. The number of rotatable bonds is 7. The molecule has 0 amide bonds. The summed E-state index contributed by atoms with van der Waals surface area (Å²) in [5.41, 5.74) is 1.35. The van der Waals surface area contributed by atoms with Gasteiger partial charge in [0.25, 0.3) is 0 Å². The van der Waals surface area contributed by atoms with Crippen molar-refractivity contribution in [2.45, 2.75) is 41.2 Å². The Morgan fingerprint density at radius 3 is 2.63 bits per heavy atom. The number of halogens is 1. The van der Waals surface area contributed by atoms with Crippen molar-refractivity contribution in [2.75, 3.05) is 37.8 Å². The van der Waals surface area contributed by atoms with E-state index in [0.29, 0.717) is 48.2 Å². The van der Waals surface area contributed by atoms with Gasteiger partial charge >= 0.3 is 0 Å².